The first-order chi connectivity index (χ1) is 12.2. The van der Waals surface area contributed by atoms with E-state index < -0.39 is 11.4 Å². The number of morpholine rings is 1. The predicted molar refractivity (Wildman–Crippen MR) is 92.5 cm³/mol. The summed E-state index contributed by atoms with van der Waals surface area (Å²) >= 11 is 0. The summed E-state index contributed by atoms with van der Waals surface area (Å²) in [4.78, 5) is 31.2. The van der Waals surface area contributed by atoms with Gasteiger partial charge in [0.25, 0.3) is 0 Å². The van der Waals surface area contributed by atoms with E-state index in [0.29, 0.717) is 37.3 Å². The molecular weight excluding hydrogens is 339 g/mol. The third kappa shape index (κ3) is 3.87. The van der Waals surface area contributed by atoms with Crippen LogP contribution in [0.1, 0.15) is 49.7 Å². The van der Waals surface area contributed by atoms with Crippen molar-refractivity contribution in [2.24, 2.45) is 5.92 Å². The summed E-state index contributed by atoms with van der Waals surface area (Å²) in [6, 6.07) is 0.916. The van der Waals surface area contributed by atoms with Gasteiger partial charge >= 0.3 is 6.09 Å². The molecular formula is C19H25FN2O4. The van der Waals surface area contributed by atoms with Crippen molar-refractivity contribution in [1.29, 1.82) is 0 Å². The lowest BCUT2D eigenvalue weighted by atomic mass is 9.81. The van der Waals surface area contributed by atoms with E-state index in [1.54, 1.807) is 11.8 Å². The Bertz CT molecular complexity index is 702. The molecule has 6 nitrogen and oxygen atoms in total. The van der Waals surface area contributed by atoms with E-state index in [-0.39, 0.29) is 29.9 Å². The largest absolute Gasteiger partial charge is 0.444 e. The maximum Gasteiger partial charge on any atom is 0.410 e. The second-order valence-electron chi connectivity index (χ2n) is 8.08. The lowest BCUT2D eigenvalue weighted by Gasteiger charge is -2.47. The predicted octanol–water partition coefficient (Wildman–Crippen LogP) is 3.13. The van der Waals surface area contributed by atoms with E-state index in [9.17, 15) is 14.0 Å². The molecule has 1 amide bonds. The number of aromatic nitrogens is 1. The van der Waals surface area contributed by atoms with Crippen LogP contribution in [0.2, 0.25) is 0 Å². The molecule has 2 aliphatic heterocycles. The Hall–Kier alpha value is -2.02. The van der Waals surface area contributed by atoms with Crippen molar-refractivity contribution >= 4 is 11.9 Å². The fourth-order valence-electron chi connectivity index (χ4n) is 3.73. The molecule has 7 heteroatoms. The summed E-state index contributed by atoms with van der Waals surface area (Å²) in [6.07, 6.45) is 1.69. The summed E-state index contributed by atoms with van der Waals surface area (Å²) in [5, 5.41) is 0. The highest BCUT2D eigenvalue weighted by Crippen LogP contribution is 2.34. The molecule has 26 heavy (non-hydrogen) atoms. The molecule has 2 unspecified atom stereocenters. The monoisotopic (exact) mass is 364 g/mol. The molecule has 0 aromatic carbocycles. The van der Waals surface area contributed by atoms with Gasteiger partial charge in [0.2, 0.25) is 0 Å². The molecule has 1 aromatic rings. The summed E-state index contributed by atoms with van der Waals surface area (Å²) < 4.78 is 24.4. The van der Waals surface area contributed by atoms with E-state index in [1.165, 1.54) is 6.07 Å². The van der Waals surface area contributed by atoms with Crippen molar-refractivity contribution in [3.05, 3.63) is 29.3 Å². The number of piperidine rings is 1. The number of carbonyl (C=O) groups is 2. The molecule has 2 bridgehead atoms. The van der Waals surface area contributed by atoms with Crippen LogP contribution in [0.25, 0.3) is 0 Å². The fourth-order valence-corrected chi connectivity index (χ4v) is 3.73. The Morgan fingerprint density at radius 3 is 2.42 bits per heavy atom. The zero-order chi connectivity index (χ0) is 19.1. The normalized spacial score (nSPS) is 25.7. The van der Waals surface area contributed by atoms with Gasteiger partial charge in [-0.1, -0.05) is 0 Å². The highest BCUT2D eigenvalue weighted by Gasteiger charge is 2.45. The van der Waals surface area contributed by atoms with Crippen LogP contribution in [-0.4, -0.2) is 52.7 Å². The topological polar surface area (TPSA) is 68.7 Å². The van der Waals surface area contributed by atoms with Crippen LogP contribution < -0.4 is 0 Å². The van der Waals surface area contributed by atoms with Crippen LogP contribution in [0.3, 0.4) is 0 Å². The van der Waals surface area contributed by atoms with Gasteiger partial charge in [-0.15, -0.1) is 0 Å². The molecule has 1 aromatic heterocycles. The number of halogens is 1. The Morgan fingerprint density at radius 1 is 1.27 bits per heavy atom. The Kier molecular flexibility index (Phi) is 5.01. The molecule has 142 valence electrons. The number of hydrogen-bond donors (Lipinski definition) is 0. The van der Waals surface area contributed by atoms with E-state index in [1.807, 2.05) is 20.8 Å². The number of amides is 1. The van der Waals surface area contributed by atoms with Gasteiger partial charge in [-0.3, -0.25) is 9.69 Å². The Balaban J connectivity index is 1.77. The SMILES string of the molecule is Cc1cc(F)cnc1C(=O)C1CC2COCC(C1)N2C(=O)OC(C)(C)C. The van der Waals surface area contributed by atoms with E-state index in [4.69, 9.17) is 9.47 Å². The molecule has 2 saturated heterocycles. The van der Waals surface area contributed by atoms with E-state index in [2.05, 4.69) is 4.98 Å². The van der Waals surface area contributed by atoms with Gasteiger partial charge in [0.15, 0.2) is 5.78 Å². The number of fused-ring (bicyclic) bond motifs is 2. The zero-order valence-electron chi connectivity index (χ0n) is 15.6. The lowest BCUT2D eigenvalue weighted by Crippen LogP contribution is -2.60. The molecule has 2 aliphatic rings. The van der Waals surface area contributed by atoms with Gasteiger partial charge in [-0.25, -0.2) is 14.2 Å². The fraction of sp³-hybridized carbons (Fsp3) is 0.632. The van der Waals surface area contributed by atoms with E-state index in [0.717, 1.165) is 6.20 Å². The van der Waals surface area contributed by atoms with Gasteiger partial charge in [0.05, 0.1) is 31.5 Å². The number of ketones is 1. The summed E-state index contributed by atoms with van der Waals surface area (Å²) in [7, 11) is 0. The number of nitrogens with zero attached hydrogens (tertiary/aromatic N) is 2. The van der Waals surface area contributed by atoms with Crippen LogP contribution in [0, 0.1) is 18.7 Å². The van der Waals surface area contributed by atoms with Crippen LogP contribution in [-0.2, 0) is 9.47 Å². The minimum absolute atomic E-state index is 0.0942. The maximum absolute atomic E-state index is 13.3. The Labute approximate surface area is 152 Å². The number of aryl methyl sites for hydroxylation is 1. The quantitative estimate of drug-likeness (QED) is 0.754. The summed E-state index contributed by atoms with van der Waals surface area (Å²) in [5.74, 6) is -0.809. The van der Waals surface area contributed by atoms with Crippen molar-refractivity contribution in [2.75, 3.05) is 13.2 Å². The molecule has 2 atom stereocenters. The first kappa shape index (κ1) is 18.8. The average Bonchev–Trinajstić information content (AvgIpc) is 2.51. The smallest absolute Gasteiger partial charge is 0.410 e. The minimum Gasteiger partial charge on any atom is -0.444 e. The van der Waals surface area contributed by atoms with Crippen molar-refractivity contribution < 1.29 is 23.5 Å². The third-order valence-electron chi connectivity index (χ3n) is 4.77. The standard InChI is InChI=1S/C19H25FN2O4/c1-11-5-13(20)8-21-16(11)17(23)12-6-14-9-25-10-15(7-12)22(14)18(24)26-19(2,3)4/h5,8,12,14-15H,6-7,9-10H2,1-4H3. The third-order valence-corrected chi connectivity index (χ3v) is 4.77. The highest BCUT2D eigenvalue weighted by atomic mass is 19.1. The van der Waals surface area contributed by atoms with Crippen LogP contribution in [0.5, 0.6) is 0 Å². The van der Waals surface area contributed by atoms with Crippen LogP contribution in [0.4, 0.5) is 9.18 Å². The molecule has 3 heterocycles. The van der Waals surface area contributed by atoms with Gasteiger partial charge in [0.1, 0.15) is 17.1 Å². The highest BCUT2D eigenvalue weighted by molar-refractivity contribution is 5.97. The second kappa shape index (κ2) is 6.95. The molecule has 0 spiro atoms. The number of pyridine rings is 1. The number of ether oxygens (including phenoxy) is 2. The first-order valence-corrected chi connectivity index (χ1v) is 8.91. The zero-order valence-corrected chi connectivity index (χ0v) is 15.6. The summed E-state index contributed by atoms with van der Waals surface area (Å²) in [6.45, 7) is 7.94. The molecule has 2 fully saturated rings. The minimum atomic E-state index is -0.575. The molecule has 3 rings (SSSR count). The molecule has 0 saturated carbocycles. The van der Waals surface area contributed by atoms with Crippen molar-refractivity contribution in [3.8, 4) is 0 Å². The van der Waals surface area contributed by atoms with E-state index >= 15 is 0 Å². The Morgan fingerprint density at radius 2 is 1.88 bits per heavy atom. The van der Waals surface area contributed by atoms with Crippen molar-refractivity contribution in [3.63, 3.8) is 0 Å². The number of Topliss-reactive ketones (excluding diaryl/α,β-unsaturated/α-hetero) is 1. The number of carbonyl (C=O) groups excluding carboxylic acids is 2. The number of hydrogen-bond acceptors (Lipinski definition) is 5. The van der Waals surface area contributed by atoms with Gasteiger partial charge in [-0.2, -0.15) is 0 Å². The average molecular weight is 364 g/mol. The summed E-state index contributed by atoms with van der Waals surface area (Å²) in [5.41, 5.74) is 0.265. The lowest BCUT2D eigenvalue weighted by molar-refractivity contribution is -0.0861. The molecule has 0 N–H and O–H groups in total. The van der Waals surface area contributed by atoms with Crippen LogP contribution in [0.15, 0.2) is 12.3 Å². The molecule has 0 radical (unpaired) electrons. The first-order valence-electron chi connectivity index (χ1n) is 8.91. The molecule has 0 aliphatic carbocycles. The van der Waals surface area contributed by atoms with Gasteiger partial charge < -0.3 is 9.47 Å². The van der Waals surface area contributed by atoms with Gasteiger partial charge in [0, 0.05) is 5.92 Å². The maximum atomic E-state index is 13.3. The van der Waals surface area contributed by atoms with Crippen molar-refractivity contribution in [2.45, 2.75) is 58.2 Å². The van der Waals surface area contributed by atoms with Gasteiger partial charge in [-0.05, 0) is 52.2 Å². The van der Waals surface area contributed by atoms with Crippen molar-refractivity contribution in [1.82, 2.24) is 9.88 Å². The van der Waals surface area contributed by atoms with Crippen LogP contribution >= 0.6 is 0 Å². The number of rotatable bonds is 2. The second-order valence-corrected chi connectivity index (χ2v) is 8.08.